The molecule has 22 heteroatoms. The Labute approximate surface area is 323 Å². The van der Waals surface area contributed by atoms with E-state index in [2.05, 4.69) is 20.6 Å². The lowest BCUT2D eigenvalue weighted by molar-refractivity contribution is -0.164. The summed E-state index contributed by atoms with van der Waals surface area (Å²) in [5, 5.41) is 36.1. The number of hydrogen-bond acceptors (Lipinski definition) is 10. The van der Waals surface area contributed by atoms with Crippen LogP contribution in [0.25, 0.3) is 11.3 Å². The van der Waals surface area contributed by atoms with Crippen LogP contribution in [-0.2, 0) is 38.1 Å². The highest BCUT2D eigenvalue weighted by molar-refractivity contribution is 6.23. The molecule has 14 nitrogen and oxygen atoms in total. The van der Waals surface area contributed by atoms with Crippen molar-refractivity contribution < 1.29 is 74.4 Å². The number of benzene rings is 2. The molecule has 1 aliphatic heterocycles. The number of ether oxygens (including phenoxy) is 1. The molecule has 2 amide bonds. The van der Waals surface area contributed by atoms with Gasteiger partial charge >= 0.3 is 24.3 Å². The first-order valence-corrected chi connectivity index (χ1v) is 17.3. The van der Waals surface area contributed by atoms with Crippen LogP contribution in [0.4, 0.5) is 40.8 Å². The molecule has 312 valence electrons. The third kappa shape index (κ3) is 9.51. The zero-order valence-corrected chi connectivity index (χ0v) is 30.1. The Hall–Kier alpha value is -5.74. The summed E-state index contributed by atoms with van der Waals surface area (Å²) < 4.78 is 118. The number of likely N-dealkylation sites (N-methyl/N-ethyl adjacent to an activating group) is 1. The normalized spacial score (nSPS) is 18.8. The first kappa shape index (κ1) is 43.4. The number of carbonyl (C=O) groups excluding carboxylic acids is 2. The van der Waals surface area contributed by atoms with Crippen LogP contribution in [-0.4, -0.2) is 96.9 Å². The summed E-state index contributed by atoms with van der Waals surface area (Å²) in [7, 11) is 1.36. The number of carboxylic acids is 2. The van der Waals surface area contributed by atoms with Crippen LogP contribution in [0.5, 0.6) is 5.75 Å². The summed E-state index contributed by atoms with van der Waals surface area (Å²) in [5.41, 5.74) is -7.12. The number of aromatic nitrogens is 2. The van der Waals surface area contributed by atoms with Gasteiger partial charge in [0.25, 0.3) is 11.8 Å². The number of nitrogens with one attached hydrogen (secondary N) is 2. The topological polar surface area (TPSA) is 195 Å². The fourth-order valence-corrected chi connectivity index (χ4v) is 6.71. The predicted molar refractivity (Wildman–Crippen MR) is 183 cm³/mol. The number of aliphatic hydroxyl groups excluding tert-OH is 1. The lowest BCUT2D eigenvalue weighted by Crippen LogP contribution is -2.63. The van der Waals surface area contributed by atoms with Gasteiger partial charge in [-0.1, -0.05) is 6.07 Å². The molecule has 2 atom stereocenters. The number of halogens is 8. The van der Waals surface area contributed by atoms with Gasteiger partial charge in [-0.05, 0) is 55.7 Å². The van der Waals surface area contributed by atoms with Crippen molar-refractivity contribution in [2.75, 3.05) is 25.5 Å². The average Bonchev–Trinajstić information content (AvgIpc) is 3.51. The predicted octanol–water partition coefficient (Wildman–Crippen LogP) is 4.78. The molecule has 0 saturated heterocycles. The highest BCUT2D eigenvalue weighted by Crippen LogP contribution is 2.42. The lowest BCUT2D eigenvalue weighted by atomic mass is 9.88. The molecule has 5 rings (SSSR count). The van der Waals surface area contributed by atoms with Crippen molar-refractivity contribution in [1.29, 1.82) is 0 Å². The quantitative estimate of drug-likeness (QED) is 0.0850. The molecule has 0 bridgehead atoms. The zero-order valence-electron chi connectivity index (χ0n) is 30.1. The number of alkyl halides is 6. The third-order valence-corrected chi connectivity index (χ3v) is 9.61. The Morgan fingerprint density at radius 1 is 0.983 bits per heavy atom. The molecule has 1 aromatic heterocycles. The standard InChI is InChI=1S/C36H34F8N6O8/c1-49-34(8-2-3-27(34)51)15-22(32(56)48-23-6-5-19(35(39,40)41)11-21(23)24-14-26(36(42,43)44)47-17-46-24)33(57)50(49)16-18-4-7-25(31(38)30(18)37)58-10-9-45-20(12-28(52)53)13-29(54)55/h4-7,11,14-15,17,20,27,45,51H,2-3,8-10,12-13,16H2,1H3,(H,48,56)(H,52,53)(H,54,55). The van der Waals surface area contributed by atoms with Crippen LogP contribution in [0.1, 0.15) is 48.9 Å². The van der Waals surface area contributed by atoms with E-state index in [-0.39, 0.29) is 26.0 Å². The number of aliphatic carboxylic acids is 2. The Balaban J connectivity index is 1.41. The minimum atomic E-state index is -5.01. The molecule has 2 unspecified atom stereocenters. The monoisotopic (exact) mass is 830 g/mol. The molecule has 1 saturated carbocycles. The fraction of sp³-hybridized carbons (Fsp3) is 0.389. The highest BCUT2D eigenvalue weighted by Gasteiger charge is 2.52. The molecule has 1 spiro atoms. The average molecular weight is 831 g/mol. The van der Waals surface area contributed by atoms with E-state index in [1.54, 1.807) is 0 Å². The highest BCUT2D eigenvalue weighted by atomic mass is 19.4. The number of carbonyl (C=O) groups is 4. The number of aliphatic hydroxyl groups is 1. The third-order valence-electron chi connectivity index (χ3n) is 9.61. The van der Waals surface area contributed by atoms with Gasteiger partial charge in [-0.25, -0.2) is 19.4 Å². The van der Waals surface area contributed by atoms with Crippen molar-refractivity contribution in [1.82, 2.24) is 25.3 Å². The zero-order chi connectivity index (χ0) is 42.7. The van der Waals surface area contributed by atoms with Crippen molar-refractivity contribution in [3.63, 3.8) is 0 Å². The molecular weight excluding hydrogens is 796 g/mol. The van der Waals surface area contributed by atoms with Crippen LogP contribution in [0.2, 0.25) is 0 Å². The Bertz CT molecular complexity index is 2100. The maximum absolute atomic E-state index is 15.5. The first-order chi connectivity index (χ1) is 27.1. The summed E-state index contributed by atoms with van der Waals surface area (Å²) in [4.78, 5) is 56.7. The van der Waals surface area contributed by atoms with Crippen LogP contribution in [0, 0.1) is 11.6 Å². The second-order valence-electron chi connectivity index (χ2n) is 13.4. The maximum Gasteiger partial charge on any atom is 0.433 e. The van der Waals surface area contributed by atoms with E-state index in [1.807, 2.05) is 0 Å². The first-order valence-electron chi connectivity index (χ1n) is 17.3. The lowest BCUT2D eigenvalue weighted by Gasteiger charge is -2.48. The smallest absolute Gasteiger partial charge is 0.433 e. The van der Waals surface area contributed by atoms with Gasteiger partial charge in [-0.3, -0.25) is 24.2 Å². The Kier molecular flexibility index (Phi) is 12.7. The van der Waals surface area contributed by atoms with Crippen LogP contribution in [0.15, 0.2) is 54.4 Å². The van der Waals surface area contributed by atoms with Crippen LogP contribution in [0.3, 0.4) is 0 Å². The number of amides is 2. The van der Waals surface area contributed by atoms with Crippen molar-refractivity contribution in [2.45, 2.75) is 68.7 Å². The number of carboxylic acid groups (broad SMARTS) is 2. The summed E-state index contributed by atoms with van der Waals surface area (Å²) in [6, 6.07) is 3.24. The number of rotatable bonds is 14. The summed E-state index contributed by atoms with van der Waals surface area (Å²) >= 11 is 0. The van der Waals surface area contributed by atoms with Gasteiger partial charge in [0.2, 0.25) is 5.82 Å². The van der Waals surface area contributed by atoms with Crippen molar-refractivity contribution in [3.8, 4) is 17.0 Å². The molecule has 2 heterocycles. The van der Waals surface area contributed by atoms with E-state index in [0.717, 1.165) is 29.3 Å². The maximum atomic E-state index is 15.5. The van der Waals surface area contributed by atoms with Gasteiger partial charge in [0.1, 0.15) is 24.2 Å². The van der Waals surface area contributed by atoms with Gasteiger partial charge in [-0.2, -0.15) is 30.7 Å². The molecule has 1 fully saturated rings. The van der Waals surface area contributed by atoms with Gasteiger partial charge in [-0.15, -0.1) is 0 Å². The van der Waals surface area contributed by atoms with Gasteiger partial charge < -0.3 is 30.7 Å². The molecule has 2 aliphatic rings. The van der Waals surface area contributed by atoms with Gasteiger partial charge in [0.05, 0.1) is 48.0 Å². The summed E-state index contributed by atoms with van der Waals surface area (Å²) in [6.45, 7) is -1.22. The largest absolute Gasteiger partial charge is 0.489 e. The Morgan fingerprint density at radius 3 is 2.28 bits per heavy atom. The number of hydrogen-bond donors (Lipinski definition) is 5. The van der Waals surface area contributed by atoms with E-state index < -0.39 is 130 Å². The van der Waals surface area contributed by atoms with Crippen molar-refractivity contribution in [3.05, 3.63) is 82.8 Å². The van der Waals surface area contributed by atoms with Crippen LogP contribution < -0.4 is 15.4 Å². The van der Waals surface area contributed by atoms with Gasteiger partial charge in [0, 0.05) is 30.8 Å². The van der Waals surface area contributed by atoms with Crippen LogP contribution >= 0.6 is 0 Å². The molecule has 58 heavy (non-hydrogen) atoms. The number of hydrazine groups is 1. The van der Waals surface area contributed by atoms with Gasteiger partial charge in [0.15, 0.2) is 11.6 Å². The van der Waals surface area contributed by atoms with E-state index in [0.29, 0.717) is 30.9 Å². The summed E-state index contributed by atoms with van der Waals surface area (Å²) in [6.07, 6.45) is -9.92. The molecule has 5 N–H and O–H groups in total. The second kappa shape index (κ2) is 17.0. The molecular formula is C36H34F8N6O8. The molecule has 1 aliphatic carbocycles. The second-order valence-corrected chi connectivity index (χ2v) is 13.4. The SMILES string of the molecule is CN1N(Cc2ccc(OCCNC(CC(=O)O)CC(=O)O)c(F)c2F)C(=O)C(C(=O)Nc2ccc(C(F)(F)F)cc2-c2cc(C(F)(F)F)ncn2)=CC12CCCC2O. The van der Waals surface area contributed by atoms with E-state index in [9.17, 15) is 50.6 Å². The van der Waals surface area contributed by atoms with Crippen molar-refractivity contribution in [2.24, 2.45) is 0 Å². The van der Waals surface area contributed by atoms with E-state index in [4.69, 9.17) is 14.9 Å². The fourth-order valence-electron chi connectivity index (χ4n) is 6.71. The molecule has 2 aromatic carbocycles. The van der Waals surface area contributed by atoms with Crippen molar-refractivity contribution >= 4 is 29.4 Å². The number of anilines is 1. The number of nitrogens with zero attached hydrogens (tertiary/aromatic N) is 4. The Morgan fingerprint density at radius 2 is 1.67 bits per heavy atom. The molecule has 3 aromatic rings. The van der Waals surface area contributed by atoms with E-state index >= 15 is 8.78 Å². The minimum absolute atomic E-state index is 0.148. The van der Waals surface area contributed by atoms with E-state index in [1.165, 1.54) is 12.1 Å². The minimum Gasteiger partial charge on any atom is -0.489 e. The summed E-state index contributed by atoms with van der Waals surface area (Å²) in [5.74, 6) is -8.47. The molecule has 0 radical (unpaired) electrons.